The maximum Gasteiger partial charge on any atom is 0.306 e. The molecule has 0 aromatic carbocycles. The van der Waals surface area contributed by atoms with Gasteiger partial charge in [0.1, 0.15) is 0 Å². The Hall–Kier alpha value is -0.100. The Morgan fingerprint density at radius 2 is 2.12 bits per heavy atom. The number of hydrogen-bond acceptors (Lipinski definition) is 3. The van der Waals surface area contributed by atoms with Gasteiger partial charge in [-0.15, -0.1) is 23.7 Å². The van der Waals surface area contributed by atoms with Crippen LogP contribution in [0.5, 0.6) is 0 Å². The number of aliphatic carboxylic acids is 1. The van der Waals surface area contributed by atoms with Crippen LogP contribution in [-0.2, 0) is 11.3 Å². The quantitative estimate of drug-likeness (QED) is 0.918. The fourth-order valence-corrected chi connectivity index (χ4v) is 3.52. The van der Waals surface area contributed by atoms with Gasteiger partial charge in [0.05, 0.1) is 9.70 Å². The number of carboxylic acid groups (broad SMARTS) is 1. The van der Waals surface area contributed by atoms with Gasteiger partial charge in [-0.2, -0.15) is 0 Å². The molecule has 1 aliphatic rings. The molecule has 1 aromatic heterocycles. The van der Waals surface area contributed by atoms with Crippen molar-refractivity contribution in [2.24, 2.45) is 5.92 Å². The summed E-state index contributed by atoms with van der Waals surface area (Å²) in [5.41, 5.74) is 0. The van der Waals surface area contributed by atoms with Crippen molar-refractivity contribution in [2.45, 2.75) is 19.4 Å². The van der Waals surface area contributed by atoms with Crippen LogP contribution in [-0.4, -0.2) is 29.1 Å². The lowest BCUT2D eigenvalue weighted by atomic mass is 9.97. The molecule has 96 valence electrons. The van der Waals surface area contributed by atoms with E-state index in [0.29, 0.717) is 0 Å². The maximum atomic E-state index is 10.8. The van der Waals surface area contributed by atoms with Gasteiger partial charge in [-0.3, -0.25) is 9.69 Å². The molecular weight excluding hydrogens is 326 g/mol. The summed E-state index contributed by atoms with van der Waals surface area (Å²) in [5.74, 6) is -0.773. The van der Waals surface area contributed by atoms with E-state index in [1.165, 1.54) is 4.88 Å². The van der Waals surface area contributed by atoms with Crippen molar-refractivity contribution in [3.63, 3.8) is 0 Å². The Morgan fingerprint density at radius 1 is 1.47 bits per heavy atom. The average Bonchev–Trinajstić information content (AvgIpc) is 2.65. The molecule has 1 saturated heterocycles. The van der Waals surface area contributed by atoms with Crippen LogP contribution in [0.3, 0.4) is 0 Å². The van der Waals surface area contributed by atoms with Gasteiger partial charge in [-0.05, 0) is 54.0 Å². The second kappa shape index (κ2) is 6.73. The van der Waals surface area contributed by atoms with Crippen LogP contribution < -0.4 is 0 Å². The Bertz CT molecular complexity index is 377. The van der Waals surface area contributed by atoms with Gasteiger partial charge in [0.15, 0.2) is 0 Å². The van der Waals surface area contributed by atoms with Gasteiger partial charge in [0.2, 0.25) is 0 Å². The third kappa shape index (κ3) is 4.25. The molecule has 3 nitrogen and oxygen atoms in total. The molecule has 0 spiro atoms. The molecule has 2 rings (SSSR count). The number of likely N-dealkylation sites (tertiary alicyclic amines) is 1. The third-order valence-electron chi connectivity index (χ3n) is 2.95. The monoisotopic (exact) mass is 339 g/mol. The number of carbonyl (C=O) groups is 1. The highest BCUT2D eigenvalue weighted by atomic mass is 79.9. The van der Waals surface area contributed by atoms with E-state index in [2.05, 4.69) is 33.0 Å². The topological polar surface area (TPSA) is 40.5 Å². The van der Waals surface area contributed by atoms with Gasteiger partial charge < -0.3 is 5.11 Å². The molecule has 1 aromatic rings. The highest BCUT2D eigenvalue weighted by molar-refractivity contribution is 9.11. The molecule has 17 heavy (non-hydrogen) atoms. The molecule has 1 N–H and O–H groups in total. The fraction of sp³-hybridized carbons (Fsp3) is 0.545. The molecule has 0 atom stereocenters. The van der Waals surface area contributed by atoms with Crippen LogP contribution in [0.2, 0.25) is 0 Å². The first-order valence-electron chi connectivity index (χ1n) is 5.34. The lowest BCUT2D eigenvalue weighted by Gasteiger charge is -2.29. The summed E-state index contributed by atoms with van der Waals surface area (Å²) in [6.07, 6.45) is 1.56. The fourth-order valence-electron chi connectivity index (χ4n) is 2.00. The van der Waals surface area contributed by atoms with Crippen molar-refractivity contribution in [1.29, 1.82) is 0 Å². The summed E-state index contributed by atoms with van der Waals surface area (Å²) in [6, 6.07) is 4.18. The maximum absolute atomic E-state index is 10.8. The molecule has 0 unspecified atom stereocenters. The molecule has 0 radical (unpaired) electrons. The van der Waals surface area contributed by atoms with Crippen LogP contribution in [0.25, 0.3) is 0 Å². The molecule has 0 bridgehead atoms. The predicted octanol–water partition coefficient (Wildman–Crippen LogP) is 3.23. The van der Waals surface area contributed by atoms with E-state index < -0.39 is 5.97 Å². The summed E-state index contributed by atoms with van der Waals surface area (Å²) in [7, 11) is 0. The van der Waals surface area contributed by atoms with Crippen LogP contribution in [0.4, 0.5) is 0 Å². The largest absolute Gasteiger partial charge is 0.481 e. The van der Waals surface area contributed by atoms with Gasteiger partial charge in [-0.1, -0.05) is 0 Å². The first-order valence-corrected chi connectivity index (χ1v) is 6.95. The molecular formula is C11H15BrClNO2S. The van der Waals surface area contributed by atoms with Crippen molar-refractivity contribution in [1.82, 2.24) is 4.90 Å². The predicted molar refractivity (Wildman–Crippen MR) is 74.9 cm³/mol. The highest BCUT2D eigenvalue weighted by Crippen LogP contribution is 2.25. The smallest absolute Gasteiger partial charge is 0.306 e. The minimum atomic E-state index is -0.640. The SMILES string of the molecule is Cl.O=C(O)C1CCN(Cc2ccc(Br)s2)CC1. The number of nitrogens with zero attached hydrogens (tertiary/aromatic N) is 1. The van der Waals surface area contributed by atoms with Crippen molar-refractivity contribution in [3.8, 4) is 0 Å². The van der Waals surface area contributed by atoms with Crippen LogP contribution in [0.15, 0.2) is 15.9 Å². The highest BCUT2D eigenvalue weighted by Gasteiger charge is 2.24. The van der Waals surface area contributed by atoms with Gasteiger partial charge >= 0.3 is 5.97 Å². The van der Waals surface area contributed by atoms with Crippen molar-refractivity contribution < 1.29 is 9.90 Å². The first kappa shape index (κ1) is 15.0. The second-order valence-corrected chi connectivity index (χ2v) is 6.64. The molecule has 0 saturated carbocycles. The molecule has 1 aliphatic heterocycles. The number of rotatable bonds is 3. The number of piperidine rings is 1. The summed E-state index contributed by atoms with van der Waals surface area (Å²) in [5, 5.41) is 8.89. The summed E-state index contributed by atoms with van der Waals surface area (Å²) in [6.45, 7) is 2.74. The molecule has 0 amide bonds. The Balaban J connectivity index is 0.00000144. The number of thiophene rings is 1. The summed E-state index contributed by atoms with van der Waals surface area (Å²) < 4.78 is 1.16. The van der Waals surface area contributed by atoms with E-state index in [1.807, 2.05) is 0 Å². The minimum Gasteiger partial charge on any atom is -0.481 e. The molecule has 6 heteroatoms. The zero-order chi connectivity index (χ0) is 11.5. The average molecular weight is 341 g/mol. The lowest BCUT2D eigenvalue weighted by molar-refractivity contribution is -0.143. The standard InChI is InChI=1S/C11H14BrNO2S.ClH/c12-10-2-1-9(16-10)7-13-5-3-8(4-6-13)11(14)15;/h1-2,8H,3-7H2,(H,14,15);1H. The van der Waals surface area contributed by atoms with Crippen molar-refractivity contribution in [2.75, 3.05) is 13.1 Å². The lowest BCUT2D eigenvalue weighted by Crippen LogP contribution is -2.35. The van der Waals surface area contributed by atoms with Gasteiger partial charge in [0.25, 0.3) is 0 Å². The Kier molecular flexibility index (Phi) is 5.92. The van der Waals surface area contributed by atoms with Crippen LogP contribution in [0.1, 0.15) is 17.7 Å². The summed E-state index contributed by atoms with van der Waals surface area (Å²) >= 11 is 5.20. The number of hydrogen-bond donors (Lipinski definition) is 1. The Labute approximate surface area is 119 Å². The third-order valence-corrected chi connectivity index (χ3v) is 4.55. The normalized spacial score (nSPS) is 17.7. The number of carboxylic acids is 1. The van der Waals surface area contributed by atoms with Crippen molar-refractivity contribution >= 4 is 45.6 Å². The van der Waals surface area contributed by atoms with Crippen LogP contribution >= 0.6 is 39.7 Å². The molecule has 2 heterocycles. The summed E-state index contributed by atoms with van der Waals surface area (Å²) in [4.78, 5) is 14.5. The zero-order valence-corrected chi connectivity index (χ0v) is 12.5. The molecule has 0 aliphatic carbocycles. The molecule has 1 fully saturated rings. The van der Waals surface area contributed by atoms with E-state index in [4.69, 9.17) is 5.11 Å². The van der Waals surface area contributed by atoms with E-state index in [0.717, 1.165) is 36.3 Å². The zero-order valence-electron chi connectivity index (χ0n) is 9.26. The van der Waals surface area contributed by atoms with Gasteiger partial charge in [0, 0.05) is 11.4 Å². The van der Waals surface area contributed by atoms with E-state index in [-0.39, 0.29) is 18.3 Å². The first-order chi connectivity index (χ1) is 7.65. The van der Waals surface area contributed by atoms with E-state index >= 15 is 0 Å². The second-order valence-electron chi connectivity index (χ2n) is 4.09. The van der Waals surface area contributed by atoms with Crippen molar-refractivity contribution in [3.05, 3.63) is 20.8 Å². The minimum absolute atomic E-state index is 0. The van der Waals surface area contributed by atoms with Crippen LogP contribution in [0, 0.1) is 5.92 Å². The van der Waals surface area contributed by atoms with E-state index in [1.54, 1.807) is 11.3 Å². The Morgan fingerprint density at radius 3 is 2.59 bits per heavy atom. The van der Waals surface area contributed by atoms with E-state index in [9.17, 15) is 4.79 Å². The number of halogens is 2. The van der Waals surface area contributed by atoms with Gasteiger partial charge in [-0.25, -0.2) is 0 Å².